The zero-order valence-corrected chi connectivity index (χ0v) is 40.3. The lowest BCUT2D eigenvalue weighted by molar-refractivity contribution is -0.161. The molecule has 0 radical (unpaired) electrons. The van der Waals surface area contributed by atoms with Gasteiger partial charge in [-0.2, -0.15) is 0 Å². The highest BCUT2D eigenvalue weighted by molar-refractivity contribution is 7.47. The van der Waals surface area contributed by atoms with E-state index in [0.717, 1.165) is 57.8 Å². The highest BCUT2D eigenvalue weighted by Crippen LogP contribution is 2.43. The Bertz CT molecular complexity index is 1070. The van der Waals surface area contributed by atoms with E-state index in [1.165, 1.54) is 148 Å². The number of phosphoric ester groups is 1. The number of esters is 2. The Kier molecular flexibility index (Phi) is 45.3. The molecule has 11 heteroatoms. The van der Waals surface area contributed by atoms with Gasteiger partial charge in [-0.15, -0.1) is 0 Å². The molecule has 0 heterocycles. The molecule has 0 aromatic heterocycles. The highest BCUT2D eigenvalue weighted by atomic mass is 31.2. The quantitative estimate of drug-likeness (QED) is 0.0233. The summed E-state index contributed by atoms with van der Waals surface area (Å²) in [6.07, 6.45) is 48.6. The van der Waals surface area contributed by atoms with Gasteiger partial charge in [0.15, 0.2) is 6.10 Å². The van der Waals surface area contributed by atoms with Crippen LogP contribution in [0, 0.1) is 0 Å². The van der Waals surface area contributed by atoms with Crippen molar-refractivity contribution in [3.8, 4) is 0 Å². The van der Waals surface area contributed by atoms with Crippen molar-refractivity contribution < 1.29 is 47.8 Å². The molecular weight excluding hydrogens is 792 g/mol. The van der Waals surface area contributed by atoms with Crippen LogP contribution in [0.1, 0.15) is 245 Å². The van der Waals surface area contributed by atoms with Crippen molar-refractivity contribution in [2.45, 2.75) is 257 Å². The first-order valence-electron chi connectivity index (χ1n) is 25.3. The summed E-state index contributed by atoms with van der Waals surface area (Å²) in [5.41, 5.74) is 0. The first kappa shape index (κ1) is 59.5. The van der Waals surface area contributed by atoms with Crippen LogP contribution in [-0.4, -0.2) is 65.7 Å². The number of rotatable bonds is 48. The third kappa shape index (κ3) is 46.3. The fourth-order valence-electron chi connectivity index (χ4n) is 7.20. The molecule has 0 saturated heterocycles. The molecule has 3 N–H and O–H groups in total. The summed E-state index contributed by atoms with van der Waals surface area (Å²) in [6, 6.07) is 0. The summed E-state index contributed by atoms with van der Waals surface area (Å²) in [4.78, 5) is 35.1. The number of phosphoric acid groups is 1. The zero-order valence-electron chi connectivity index (χ0n) is 39.4. The Labute approximate surface area is 374 Å². The lowest BCUT2D eigenvalue weighted by Gasteiger charge is -2.20. The van der Waals surface area contributed by atoms with Crippen molar-refractivity contribution in [1.29, 1.82) is 0 Å². The van der Waals surface area contributed by atoms with Gasteiger partial charge in [-0.1, -0.05) is 212 Å². The number of hydrogen-bond acceptors (Lipinski definition) is 9. The maximum atomic E-state index is 12.6. The van der Waals surface area contributed by atoms with Crippen molar-refractivity contribution in [2.24, 2.45) is 0 Å². The van der Waals surface area contributed by atoms with E-state index in [2.05, 4.69) is 38.2 Å². The van der Waals surface area contributed by atoms with Crippen molar-refractivity contribution in [2.75, 3.05) is 26.4 Å². The van der Waals surface area contributed by atoms with Gasteiger partial charge in [-0.05, 0) is 44.9 Å². The predicted molar refractivity (Wildman–Crippen MR) is 252 cm³/mol. The average molecular weight is 887 g/mol. The molecule has 3 atom stereocenters. The molecule has 0 aliphatic carbocycles. The minimum atomic E-state index is -4.62. The van der Waals surface area contributed by atoms with Crippen LogP contribution in [-0.2, 0) is 32.7 Å². The summed E-state index contributed by atoms with van der Waals surface area (Å²) in [5.74, 6) is -0.928. The predicted octanol–water partition coefficient (Wildman–Crippen LogP) is 14.1. The second-order valence-corrected chi connectivity index (χ2v) is 18.7. The van der Waals surface area contributed by atoms with Crippen LogP contribution >= 0.6 is 7.82 Å². The molecule has 360 valence electrons. The van der Waals surface area contributed by atoms with Crippen LogP contribution in [0.25, 0.3) is 0 Å². The number of unbranched alkanes of at least 4 members (excludes halogenated alkanes) is 30. The van der Waals surface area contributed by atoms with Crippen molar-refractivity contribution in [1.82, 2.24) is 0 Å². The number of carbonyl (C=O) groups is 2. The van der Waals surface area contributed by atoms with Gasteiger partial charge in [0.05, 0.1) is 19.8 Å². The van der Waals surface area contributed by atoms with Crippen LogP contribution in [0.2, 0.25) is 0 Å². The number of aliphatic hydroxyl groups is 2. The first-order chi connectivity index (χ1) is 29.7. The van der Waals surface area contributed by atoms with E-state index in [1.807, 2.05) is 0 Å². The minimum Gasteiger partial charge on any atom is -0.462 e. The molecule has 0 amide bonds. The summed E-state index contributed by atoms with van der Waals surface area (Å²) >= 11 is 0. The van der Waals surface area contributed by atoms with Gasteiger partial charge in [-0.25, -0.2) is 4.57 Å². The third-order valence-corrected chi connectivity index (χ3v) is 12.1. The number of carbonyl (C=O) groups excluding carboxylic acids is 2. The second-order valence-electron chi connectivity index (χ2n) is 17.2. The van der Waals surface area contributed by atoms with Gasteiger partial charge < -0.3 is 24.6 Å². The largest absolute Gasteiger partial charge is 0.472 e. The smallest absolute Gasteiger partial charge is 0.462 e. The van der Waals surface area contributed by atoms with Crippen LogP contribution < -0.4 is 0 Å². The van der Waals surface area contributed by atoms with Crippen LogP contribution in [0.4, 0.5) is 0 Å². The van der Waals surface area contributed by atoms with Gasteiger partial charge in [0.2, 0.25) is 0 Å². The van der Waals surface area contributed by atoms with Gasteiger partial charge in [-0.3, -0.25) is 18.6 Å². The minimum absolute atomic E-state index is 0.171. The van der Waals surface area contributed by atoms with Crippen LogP contribution in [0.3, 0.4) is 0 Å². The molecule has 0 bridgehead atoms. The van der Waals surface area contributed by atoms with E-state index in [1.54, 1.807) is 0 Å². The van der Waals surface area contributed by atoms with E-state index < -0.39 is 51.8 Å². The molecule has 3 unspecified atom stereocenters. The Morgan fingerprint density at radius 1 is 0.492 bits per heavy atom. The fourth-order valence-corrected chi connectivity index (χ4v) is 7.99. The fraction of sp³-hybridized carbons (Fsp3) is 0.880. The number of aliphatic hydroxyl groups excluding tert-OH is 2. The highest BCUT2D eigenvalue weighted by Gasteiger charge is 2.27. The molecule has 0 saturated carbocycles. The molecule has 0 aliphatic rings. The first-order valence-corrected chi connectivity index (χ1v) is 26.8. The number of ether oxygens (including phenoxy) is 2. The SMILES string of the molecule is CCCCCC/C=C\C/C=C\CCCCCCCC(=O)OC(COC(=O)CCCCCCCCCCCCCCCCCCCCCCCC)COP(=O)(O)OCC(O)CO. The Morgan fingerprint density at radius 2 is 0.852 bits per heavy atom. The summed E-state index contributed by atoms with van der Waals surface area (Å²) in [6.45, 7) is 2.39. The average Bonchev–Trinajstić information content (AvgIpc) is 3.25. The summed E-state index contributed by atoms with van der Waals surface area (Å²) < 4.78 is 32.8. The number of allylic oxidation sites excluding steroid dienone is 4. The van der Waals surface area contributed by atoms with E-state index >= 15 is 0 Å². The molecule has 0 aromatic carbocycles. The zero-order chi connectivity index (χ0) is 44.8. The maximum Gasteiger partial charge on any atom is 0.472 e. The Hall–Kier alpha value is -1.55. The molecular formula is C50H95O10P. The molecule has 61 heavy (non-hydrogen) atoms. The second kappa shape index (κ2) is 46.4. The molecule has 0 aliphatic heterocycles. The maximum absolute atomic E-state index is 12.6. The van der Waals surface area contributed by atoms with E-state index in [0.29, 0.717) is 12.8 Å². The van der Waals surface area contributed by atoms with E-state index in [9.17, 15) is 24.2 Å². The van der Waals surface area contributed by atoms with Gasteiger partial charge in [0.25, 0.3) is 0 Å². The van der Waals surface area contributed by atoms with Gasteiger partial charge in [0.1, 0.15) is 12.7 Å². The lowest BCUT2D eigenvalue weighted by Crippen LogP contribution is -2.29. The topological polar surface area (TPSA) is 149 Å². The Balaban J connectivity index is 4.15. The number of hydrogen-bond donors (Lipinski definition) is 3. The van der Waals surface area contributed by atoms with Crippen LogP contribution in [0.5, 0.6) is 0 Å². The lowest BCUT2D eigenvalue weighted by atomic mass is 10.0. The van der Waals surface area contributed by atoms with E-state index in [4.69, 9.17) is 23.6 Å². The molecule has 0 fully saturated rings. The van der Waals surface area contributed by atoms with E-state index in [-0.39, 0.29) is 19.4 Å². The molecule has 0 aromatic rings. The van der Waals surface area contributed by atoms with Crippen molar-refractivity contribution in [3.63, 3.8) is 0 Å². The molecule has 10 nitrogen and oxygen atoms in total. The normalized spacial score (nSPS) is 13.9. The molecule has 0 rings (SSSR count). The standard InChI is InChI=1S/C50H95O10P/c1-3-5-7-9-11-13-15-17-19-21-22-23-24-25-26-28-29-31-33-35-37-39-41-49(53)57-45-48(46-59-61(55,56)58-44-47(52)43-51)60-50(54)42-40-38-36-34-32-30-27-20-18-16-14-12-10-8-6-4-2/h14,16,20,27,47-48,51-52H,3-13,15,17-19,21-26,28-46H2,1-2H3,(H,55,56)/b16-14-,27-20-. The Morgan fingerprint density at radius 3 is 1.28 bits per heavy atom. The molecule has 0 spiro atoms. The summed E-state index contributed by atoms with van der Waals surface area (Å²) in [5, 5.41) is 18.4. The van der Waals surface area contributed by atoms with Crippen molar-refractivity contribution in [3.05, 3.63) is 24.3 Å². The van der Waals surface area contributed by atoms with Crippen molar-refractivity contribution >= 4 is 19.8 Å². The van der Waals surface area contributed by atoms with Gasteiger partial charge >= 0.3 is 19.8 Å². The monoisotopic (exact) mass is 887 g/mol. The summed E-state index contributed by atoms with van der Waals surface area (Å²) in [7, 11) is -4.62. The van der Waals surface area contributed by atoms with Gasteiger partial charge in [0, 0.05) is 12.8 Å². The van der Waals surface area contributed by atoms with Crippen LogP contribution in [0.15, 0.2) is 24.3 Å². The third-order valence-electron chi connectivity index (χ3n) is 11.1.